The second-order valence-corrected chi connectivity index (χ2v) is 6.92. The molecule has 3 rings (SSSR count). The molecule has 148 valence electrons. The molecule has 0 unspecified atom stereocenters. The Morgan fingerprint density at radius 2 is 1.59 bits per heavy atom. The Hall–Kier alpha value is -3.67. The summed E-state index contributed by atoms with van der Waals surface area (Å²) in [6.45, 7) is -0.143. The van der Waals surface area contributed by atoms with Crippen molar-refractivity contribution in [1.82, 2.24) is 10.2 Å². The quantitative estimate of drug-likeness (QED) is 0.680. The smallest absolute Gasteiger partial charge is 0.253 e. The molecule has 0 bridgehead atoms. The summed E-state index contributed by atoms with van der Waals surface area (Å²) >= 11 is 0. The molecule has 0 radical (unpaired) electrons. The predicted octanol–water partition coefficient (Wildman–Crippen LogP) is 2.84. The average molecular weight is 389 g/mol. The van der Waals surface area contributed by atoms with Crippen molar-refractivity contribution >= 4 is 34.2 Å². The number of rotatable bonds is 6. The molecule has 0 fully saturated rings. The van der Waals surface area contributed by atoms with Gasteiger partial charge in [-0.3, -0.25) is 14.4 Å². The fraction of sp³-hybridized carbons (Fsp3) is 0.174. The topological polar surface area (TPSA) is 78.5 Å². The van der Waals surface area contributed by atoms with Crippen LogP contribution >= 0.6 is 0 Å². The van der Waals surface area contributed by atoms with Crippen LogP contribution in [0, 0.1) is 0 Å². The maximum absolute atomic E-state index is 12.3. The fourth-order valence-electron chi connectivity index (χ4n) is 3.05. The number of anilines is 1. The second-order valence-electron chi connectivity index (χ2n) is 6.92. The van der Waals surface area contributed by atoms with Gasteiger partial charge in [0.25, 0.3) is 5.91 Å². The van der Waals surface area contributed by atoms with Gasteiger partial charge in [0.2, 0.25) is 11.8 Å². The van der Waals surface area contributed by atoms with Crippen LogP contribution in [-0.4, -0.2) is 43.3 Å². The van der Waals surface area contributed by atoms with Gasteiger partial charge in [-0.25, -0.2) is 0 Å². The first kappa shape index (κ1) is 20.1. The molecule has 0 atom stereocenters. The highest BCUT2D eigenvalue weighted by atomic mass is 16.2. The van der Waals surface area contributed by atoms with E-state index in [4.69, 9.17) is 0 Å². The number of hydrogen-bond donors (Lipinski definition) is 2. The second kappa shape index (κ2) is 9.01. The zero-order chi connectivity index (χ0) is 20.8. The normalized spacial score (nSPS) is 10.4. The van der Waals surface area contributed by atoms with Gasteiger partial charge in [0.1, 0.15) is 0 Å². The molecule has 0 saturated heterocycles. The molecule has 3 aromatic rings. The third-order valence-corrected chi connectivity index (χ3v) is 4.48. The summed E-state index contributed by atoms with van der Waals surface area (Å²) < 4.78 is 0. The van der Waals surface area contributed by atoms with E-state index in [1.54, 1.807) is 38.4 Å². The molecule has 0 aromatic heterocycles. The van der Waals surface area contributed by atoms with E-state index in [0.29, 0.717) is 11.3 Å². The molecule has 6 nitrogen and oxygen atoms in total. The van der Waals surface area contributed by atoms with Crippen molar-refractivity contribution in [2.75, 3.05) is 26.0 Å². The van der Waals surface area contributed by atoms with Crippen molar-refractivity contribution < 1.29 is 14.4 Å². The Bertz CT molecular complexity index is 1050. The lowest BCUT2D eigenvalue weighted by Gasteiger charge is -2.12. The van der Waals surface area contributed by atoms with Gasteiger partial charge in [0, 0.05) is 25.3 Å². The lowest BCUT2D eigenvalue weighted by molar-refractivity contribution is -0.123. The van der Waals surface area contributed by atoms with Crippen LogP contribution in [0.2, 0.25) is 0 Å². The lowest BCUT2D eigenvalue weighted by atomic mass is 10.0. The monoisotopic (exact) mass is 389 g/mol. The summed E-state index contributed by atoms with van der Waals surface area (Å²) in [6.07, 6.45) is 0.196. The highest BCUT2D eigenvalue weighted by molar-refractivity contribution is 5.98. The van der Waals surface area contributed by atoms with Crippen molar-refractivity contribution in [3.8, 4) is 0 Å². The first-order chi connectivity index (χ1) is 13.9. The van der Waals surface area contributed by atoms with E-state index >= 15 is 0 Å². The minimum absolute atomic E-state index is 0.143. The third-order valence-electron chi connectivity index (χ3n) is 4.48. The van der Waals surface area contributed by atoms with Crippen molar-refractivity contribution in [2.24, 2.45) is 0 Å². The highest BCUT2D eigenvalue weighted by Gasteiger charge is 2.11. The number of carbonyl (C=O) groups excluding carboxylic acids is 3. The molecule has 29 heavy (non-hydrogen) atoms. The van der Waals surface area contributed by atoms with E-state index in [1.165, 1.54) is 4.90 Å². The number of amides is 3. The van der Waals surface area contributed by atoms with Crippen molar-refractivity contribution in [1.29, 1.82) is 0 Å². The third kappa shape index (κ3) is 5.19. The molecule has 0 aliphatic heterocycles. The first-order valence-corrected chi connectivity index (χ1v) is 9.29. The van der Waals surface area contributed by atoms with E-state index in [2.05, 4.69) is 10.6 Å². The molecule has 0 saturated carbocycles. The van der Waals surface area contributed by atoms with Crippen LogP contribution in [0.1, 0.15) is 15.9 Å². The Balaban J connectivity index is 1.56. The number of nitrogens with zero attached hydrogens (tertiary/aromatic N) is 1. The first-order valence-electron chi connectivity index (χ1n) is 9.29. The number of fused-ring (bicyclic) bond motifs is 1. The summed E-state index contributed by atoms with van der Waals surface area (Å²) in [7, 11) is 3.33. The van der Waals surface area contributed by atoms with Crippen molar-refractivity contribution in [3.05, 3.63) is 77.9 Å². The molecule has 0 heterocycles. The van der Waals surface area contributed by atoms with Crippen molar-refractivity contribution in [2.45, 2.75) is 6.42 Å². The van der Waals surface area contributed by atoms with Gasteiger partial charge < -0.3 is 15.5 Å². The van der Waals surface area contributed by atoms with Crippen LogP contribution in [0.25, 0.3) is 10.8 Å². The molecule has 0 aliphatic rings. The minimum Gasteiger partial charge on any atom is -0.347 e. The zero-order valence-corrected chi connectivity index (χ0v) is 16.4. The lowest BCUT2D eigenvalue weighted by Crippen LogP contribution is -2.33. The standard InChI is InChI=1S/C23H23N3O3/c1-26(2)23(29)18-10-6-11-19(13-18)25-22(28)15-24-21(27)14-17-9-5-8-16-7-3-4-12-20(16)17/h3-13H,14-15H2,1-2H3,(H,24,27)(H,25,28). The van der Waals surface area contributed by atoms with Crippen LogP contribution in [0.3, 0.4) is 0 Å². The number of benzene rings is 3. The Labute approximate surface area is 169 Å². The Morgan fingerprint density at radius 1 is 0.862 bits per heavy atom. The van der Waals surface area contributed by atoms with Crippen LogP contribution in [-0.2, 0) is 16.0 Å². The number of nitrogens with one attached hydrogen (secondary N) is 2. The van der Waals surface area contributed by atoms with Gasteiger partial charge in [-0.05, 0) is 34.5 Å². The molecule has 0 spiro atoms. The summed E-state index contributed by atoms with van der Waals surface area (Å²) in [5, 5.41) is 7.44. The maximum Gasteiger partial charge on any atom is 0.253 e. The van der Waals surface area contributed by atoms with Gasteiger partial charge >= 0.3 is 0 Å². The van der Waals surface area contributed by atoms with Crippen LogP contribution < -0.4 is 10.6 Å². The van der Waals surface area contributed by atoms with E-state index in [9.17, 15) is 14.4 Å². The summed E-state index contributed by atoms with van der Waals surface area (Å²) in [5.41, 5.74) is 1.90. The van der Waals surface area contributed by atoms with E-state index in [1.807, 2.05) is 42.5 Å². The number of hydrogen-bond acceptors (Lipinski definition) is 3. The van der Waals surface area contributed by atoms with E-state index < -0.39 is 0 Å². The minimum atomic E-state index is -0.356. The maximum atomic E-state index is 12.3. The Kier molecular flexibility index (Phi) is 6.24. The van der Waals surface area contributed by atoms with Gasteiger partial charge in [-0.1, -0.05) is 48.5 Å². The highest BCUT2D eigenvalue weighted by Crippen LogP contribution is 2.18. The van der Waals surface area contributed by atoms with E-state index in [0.717, 1.165) is 16.3 Å². The fourth-order valence-corrected chi connectivity index (χ4v) is 3.05. The molecule has 2 N–H and O–H groups in total. The summed E-state index contributed by atoms with van der Waals surface area (Å²) in [6, 6.07) is 20.4. The van der Waals surface area contributed by atoms with Crippen molar-refractivity contribution in [3.63, 3.8) is 0 Å². The molecular weight excluding hydrogens is 366 g/mol. The number of carbonyl (C=O) groups is 3. The SMILES string of the molecule is CN(C)C(=O)c1cccc(NC(=O)CNC(=O)Cc2cccc3ccccc23)c1. The zero-order valence-electron chi connectivity index (χ0n) is 16.4. The molecular formula is C23H23N3O3. The van der Waals surface area contributed by atoms with Crippen LogP contribution in [0.5, 0.6) is 0 Å². The van der Waals surface area contributed by atoms with Gasteiger partial charge in [0.05, 0.1) is 13.0 Å². The van der Waals surface area contributed by atoms with Crippen LogP contribution in [0.15, 0.2) is 66.7 Å². The molecule has 0 aliphatic carbocycles. The average Bonchev–Trinajstić information content (AvgIpc) is 2.72. The van der Waals surface area contributed by atoms with E-state index in [-0.39, 0.29) is 30.7 Å². The van der Waals surface area contributed by atoms with Gasteiger partial charge in [-0.15, -0.1) is 0 Å². The van der Waals surface area contributed by atoms with Gasteiger partial charge in [0.15, 0.2) is 0 Å². The predicted molar refractivity (Wildman–Crippen MR) is 114 cm³/mol. The largest absolute Gasteiger partial charge is 0.347 e. The van der Waals surface area contributed by atoms with Crippen LogP contribution in [0.4, 0.5) is 5.69 Å². The Morgan fingerprint density at radius 3 is 2.38 bits per heavy atom. The summed E-state index contributed by atoms with van der Waals surface area (Å²) in [4.78, 5) is 38.0. The summed E-state index contributed by atoms with van der Waals surface area (Å²) in [5.74, 6) is -0.733. The molecule has 3 aromatic carbocycles. The molecule has 6 heteroatoms. The molecule has 3 amide bonds. The van der Waals surface area contributed by atoms with Gasteiger partial charge in [-0.2, -0.15) is 0 Å².